The molecule has 0 radical (unpaired) electrons. The van der Waals surface area contributed by atoms with Crippen LogP contribution in [0.25, 0.3) is 0 Å². The highest BCUT2D eigenvalue weighted by molar-refractivity contribution is 14.0. The molecular weight excluding hydrogens is 471 g/mol. The Morgan fingerprint density at radius 3 is 2.52 bits per heavy atom. The van der Waals surface area contributed by atoms with E-state index in [0.717, 1.165) is 42.4 Å². The first-order chi connectivity index (χ1) is 12.5. The zero-order valence-corrected chi connectivity index (χ0v) is 20.6. The fraction of sp³-hybridized carbons (Fsp3) is 0.842. The monoisotopic (exact) mass is 508 g/mol. The summed E-state index contributed by atoms with van der Waals surface area (Å²) < 4.78 is 2.00. The van der Waals surface area contributed by atoms with E-state index in [4.69, 9.17) is 4.99 Å². The molecule has 0 amide bonds. The number of aryl methyl sites for hydroxylation is 1. The van der Waals surface area contributed by atoms with Crippen molar-refractivity contribution in [3.05, 3.63) is 11.6 Å². The molecular formula is C19H37IN6S. The van der Waals surface area contributed by atoms with Gasteiger partial charge in [-0.2, -0.15) is 11.8 Å². The molecule has 156 valence electrons. The molecule has 0 bridgehead atoms. The van der Waals surface area contributed by atoms with Gasteiger partial charge in [-0.1, -0.05) is 13.8 Å². The average molecular weight is 509 g/mol. The van der Waals surface area contributed by atoms with Crippen molar-refractivity contribution >= 4 is 41.7 Å². The van der Waals surface area contributed by atoms with Crippen LogP contribution in [-0.2, 0) is 13.6 Å². The number of rotatable bonds is 8. The van der Waals surface area contributed by atoms with E-state index in [1.54, 1.807) is 0 Å². The predicted octanol–water partition coefficient (Wildman–Crippen LogP) is 3.74. The number of halogens is 1. The Bertz CT molecular complexity index is 567. The molecule has 0 aromatic carbocycles. The molecule has 27 heavy (non-hydrogen) atoms. The van der Waals surface area contributed by atoms with Gasteiger partial charge in [-0.3, -0.25) is 0 Å². The van der Waals surface area contributed by atoms with E-state index in [1.165, 1.54) is 31.4 Å². The van der Waals surface area contributed by atoms with Crippen LogP contribution in [0.15, 0.2) is 4.99 Å². The number of nitrogens with one attached hydrogen (secondary N) is 2. The number of aliphatic imine (C=N–C) groups is 1. The lowest BCUT2D eigenvalue weighted by Gasteiger charge is -2.32. The third-order valence-corrected chi connectivity index (χ3v) is 6.13. The number of aromatic nitrogens is 3. The van der Waals surface area contributed by atoms with Crippen LogP contribution < -0.4 is 10.6 Å². The molecule has 2 rings (SSSR count). The number of hydrogen-bond acceptors (Lipinski definition) is 4. The highest BCUT2D eigenvalue weighted by Gasteiger charge is 2.23. The van der Waals surface area contributed by atoms with E-state index in [2.05, 4.69) is 40.9 Å². The smallest absolute Gasteiger partial charge is 0.191 e. The third kappa shape index (κ3) is 8.17. The van der Waals surface area contributed by atoms with Crippen molar-refractivity contribution in [3.63, 3.8) is 0 Å². The minimum Gasteiger partial charge on any atom is -0.356 e. The standard InChI is InChI=1S/C19H36N6S.HI/c1-14(2)16-7-9-17(10-8-16)22-19(20-11-6-12-26-5)21-13-18-24-23-15(3)25(18)4;/h14,16-17H,6-13H2,1-5H3,(H2,20,21,22);1H. The molecule has 1 aromatic rings. The Kier molecular flexibility index (Phi) is 11.7. The highest BCUT2D eigenvalue weighted by Crippen LogP contribution is 2.29. The summed E-state index contributed by atoms with van der Waals surface area (Å²) in [5.74, 6) is 5.58. The number of thioether (sulfide) groups is 1. The van der Waals surface area contributed by atoms with Gasteiger partial charge in [0, 0.05) is 19.6 Å². The molecule has 1 saturated carbocycles. The molecule has 1 fully saturated rings. The zero-order valence-electron chi connectivity index (χ0n) is 17.5. The number of hydrogen-bond donors (Lipinski definition) is 2. The van der Waals surface area contributed by atoms with Gasteiger partial charge in [0.15, 0.2) is 11.8 Å². The van der Waals surface area contributed by atoms with Gasteiger partial charge >= 0.3 is 0 Å². The Balaban J connectivity index is 0.00000364. The van der Waals surface area contributed by atoms with Crippen LogP contribution in [0.3, 0.4) is 0 Å². The zero-order chi connectivity index (χ0) is 18.9. The van der Waals surface area contributed by atoms with Crippen molar-refractivity contribution in [1.29, 1.82) is 0 Å². The number of guanidine groups is 1. The lowest BCUT2D eigenvalue weighted by atomic mass is 9.80. The molecule has 0 unspecified atom stereocenters. The van der Waals surface area contributed by atoms with Crippen molar-refractivity contribution in [2.24, 2.45) is 23.9 Å². The van der Waals surface area contributed by atoms with E-state index >= 15 is 0 Å². The largest absolute Gasteiger partial charge is 0.356 e. The molecule has 0 saturated heterocycles. The molecule has 8 heteroatoms. The van der Waals surface area contributed by atoms with Crippen LogP contribution in [0.5, 0.6) is 0 Å². The minimum atomic E-state index is 0. The SMILES string of the molecule is CSCCCNC(=NCc1nnc(C)n1C)NC1CCC(C(C)C)CC1.I. The summed E-state index contributed by atoms with van der Waals surface area (Å²) in [7, 11) is 1.99. The van der Waals surface area contributed by atoms with Crippen molar-refractivity contribution < 1.29 is 0 Å². The van der Waals surface area contributed by atoms with Crippen molar-refractivity contribution in [3.8, 4) is 0 Å². The summed E-state index contributed by atoms with van der Waals surface area (Å²) in [6.45, 7) is 8.17. The van der Waals surface area contributed by atoms with E-state index in [1.807, 2.05) is 30.3 Å². The first kappa shape index (κ1) is 24.5. The fourth-order valence-corrected chi connectivity index (χ4v) is 3.87. The minimum absolute atomic E-state index is 0. The van der Waals surface area contributed by atoms with Gasteiger partial charge < -0.3 is 15.2 Å². The van der Waals surface area contributed by atoms with E-state index < -0.39 is 0 Å². The van der Waals surface area contributed by atoms with Crippen LogP contribution in [0.1, 0.15) is 57.6 Å². The van der Waals surface area contributed by atoms with Crippen LogP contribution >= 0.6 is 35.7 Å². The summed E-state index contributed by atoms with van der Waals surface area (Å²) in [6, 6.07) is 0.526. The van der Waals surface area contributed by atoms with Gasteiger partial charge in [0.05, 0.1) is 0 Å². The van der Waals surface area contributed by atoms with Gasteiger partial charge in [-0.15, -0.1) is 34.2 Å². The maximum absolute atomic E-state index is 4.78. The second-order valence-corrected chi connectivity index (χ2v) is 8.65. The second kappa shape index (κ2) is 12.9. The lowest BCUT2D eigenvalue weighted by Crippen LogP contribution is -2.45. The maximum atomic E-state index is 4.78. The summed E-state index contributed by atoms with van der Waals surface area (Å²) in [6.07, 6.45) is 8.39. The molecule has 0 atom stereocenters. The van der Waals surface area contributed by atoms with E-state index in [9.17, 15) is 0 Å². The Labute approximate surface area is 186 Å². The third-order valence-electron chi connectivity index (χ3n) is 5.43. The number of nitrogens with zero attached hydrogens (tertiary/aromatic N) is 4. The maximum Gasteiger partial charge on any atom is 0.191 e. The molecule has 6 nitrogen and oxygen atoms in total. The van der Waals surface area contributed by atoms with Gasteiger partial charge in [-0.25, -0.2) is 4.99 Å². The van der Waals surface area contributed by atoms with Gasteiger partial charge in [-0.05, 0) is 62.9 Å². The molecule has 1 heterocycles. The lowest BCUT2D eigenvalue weighted by molar-refractivity contribution is 0.250. The Hall–Kier alpha value is -0.510. The molecule has 0 aliphatic heterocycles. The molecule has 0 spiro atoms. The van der Waals surface area contributed by atoms with Gasteiger partial charge in [0.2, 0.25) is 0 Å². The Morgan fingerprint density at radius 1 is 1.26 bits per heavy atom. The average Bonchev–Trinajstić information content (AvgIpc) is 2.95. The molecule has 1 aromatic heterocycles. The van der Waals surface area contributed by atoms with Gasteiger partial charge in [0.1, 0.15) is 12.4 Å². The van der Waals surface area contributed by atoms with Gasteiger partial charge in [0.25, 0.3) is 0 Å². The molecule has 2 N–H and O–H groups in total. The van der Waals surface area contributed by atoms with Crippen molar-refractivity contribution in [1.82, 2.24) is 25.4 Å². The second-order valence-electron chi connectivity index (χ2n) is 7.66. The Morgan fingerprint density at radius 2 is 1.96 bits per heavy atom. The quantitative estimate of drug-likeness (QED) is 0.242. The van der Waals surface area contributed by atoms with E-state index in [-0.39, 0.29) is 24.0 Å². The summed E-state index contributed by atoms with van der Waals surface area (Å²) in [5, 5.41) is 15.5. The summed E-state index contributed by atoms with van der Waals surface area (Å²) >= 11 is 1.88. The highest BCUT2D eigenvalue weighted by atomic mass is 127. The normalized spacial score (nSPS) is 20.4. The first-order valence-electron chi connectivity index (χ1n) is 9.90. The predicted molar refractivity (Wildman–Crippen MR) is 127 cm³/mol. The van der Waals surface area contributed by atoms with Crippen LogP contribution in [0.4, 0.5) is 0 Å². The van der Waals surface area contributed by atoms with Crippen LogP contribution in [0.2, 0.25) is 0 Å². The van der Waals surface area contributed by atoms with E-state index in [0.29, 0.717) is 12.6 Å². The fourth-order valence-electron chi connectivity index (χ4n) is 3.44. The molecule has 1 aliphatic carbocycles. The van der Waals surface area contributed by atoms with Crippen LogP contribution in [-0.4, -0.2) is 45.3 Å². The first-order valence-corrected chi connectivity index (χ1v) is 11.3. The van der Waals surface area contributed by atoms with Crippen molar-refractivity contribution in [2.75, 3.05) is 18.6 Å². The molecule has 1 aliphatic rings. The summed E-state index contributed by atoms with van der Waals surface area (Å²) in [5.41, 5.74) is 0. The topological polar surface area (TPSA) is 67.1 Å². The summed E-state index contributed by atoms with van der Waals surface area (Å²) in [4.78, 5) is 4.78. The van der Waals surface area contributed by atoms with Crippen molar-refractivity contribution in [2.45, 2.75) is 65.5 Å². The van der Waals surface area contributed by atoms with Crippen LogP contribution in [0, 0.1) is 18.8 Å².